The molecular formula is C16H22NNaO4. The van der Waals surface area contributed by atoms with Crippen LogP contribution in [0, 0.1) is 0 Å². The molecule has 0 bridgehead atoms. The molecule has 0 aliphatic heterocycles. The average Bonchev–Trinajstić information content (AvgIpc) is 2.48. The Balaban J connectivity index is 0.00000441. The van der Waals surface area contributed by atoms with Gasteiger partial charge in [-0.2, -0.15) is 0 Å². The van der Waals surface area contributed by atoms with Gasteiger partial charge in [0.25, 0.3) is 5.91 Å². The van der Waals surface area contributed by atoms with Crippen LogP contribution in [0.25, 0.3) is 0 Å². The Morgan fingerprint density at radius 2 is 1.82 bits per heavy atom. The van der Waals surface area contributed by atoms with Gasteiger partial charge >= 0.3 is 29.6 Å². The second kappa shape index (κ2) is 12.5. The summed E-state index contributed by atoms with van der Waals surface area (Å²) in [6.45, 7) is 3.24. The number of amides is 1. The van der Waals surface area contributed by atoms with Gasteiger partial charge in [0, 0.05) is 18.1 Å². The summed E-state index contributed by atoms with van der Waals surface area (Å²) >= 11 is 0. The van der Waals surface area contributed by atoms with Crippen molar-refractivity contribution in [2.75, 3.05) is 13.2 Å². The van der Waals surface area contributed by atoms with Crippen LogP contribution in [-0.2, 0) is 4.79 Å². The number of hydrogen-bond acceptors (Lipinski definition) is 4. The molecule has 6 heteroatoms. The van der Waals surface area contributed by atoms with Crippen LogP contribution in [0.15, 0.2) is 24.3 Å². The van der Waals surface area contributed by atoms with Crippen LogP contribution < -0.4 is 44.7 Å². The number of unbranched alkanes of at least 4 members (excludes halogenated alkanes) is 2. The zero-order valence-electron chi connectivity index (χ0n) is 13.4. The summed E-state index contributed by atoms with van der Waals surface area (Å²) in [5.41, 5.74) is 0.591. The van der Waals surface area contributed by atoms with Crippen molar-refractivity contribution in [3.63, 3.8) is 0 Å². The molecule has 0 aliphatic rings. The smallest absolute Gasteiger partial charge is 0.550 e. The van der Waals surface area contributed by atoms with Gasteiger partial charge in [-0.25, -0.2) is 0 Å². The molecule has 1 aromatic rings. The fraction of sp³-hybridized carbons (Fsp3) is 0.500. The summed E-state index contributed by atoms with van der Waals surface area (Å²) in [5.74, 6) is -0.392. The normalized spacial score (nSPS) is 9.68. The molecule has 0 unspecified atom stereocenters. The van der Waals surface area contributed by atoms with Crippen LogP contribution in [-0.4, -0.2) is 25.0 Å². The van der Waals surface area contributed by atoms with E-state index in [0.29, 0.717) is 25.1 Å². The van der Waals surface area contributed by atoms with Crippen molar-refractivity contribution in [2.45, 2.75) is 39.0 Å². The molecule has 0 aromatic heterocycles. The molecule has 0 radical (unpaired) electrons. The molecular weight excluding hydrogens is 293 g/mol. The van der Waals surface area contributed by atoms with Gasteiger partial charge in [0.15, 0.2) is 0 Å². The van der Waals surface area contributed by atoms with Gasteiger partial charge < -0.3 is 20.0 Å². The van der Waals surface area contributed by atoms with E-state index in [0.717, 1.165) is 25.0 Å². The number of carbonyl (C=O) groups excluding carboxylic acids is 2. The van der Waals surface area contributed by atoms with Gasteiger partial charge in [0.05, 0.1) is 6.61 Å². The number of hydrogen-bond donors (Lipinski definition) is 1. The topological polar surface area (TPSA) is 78.5 Å². The minimum absolute atomic E-state index is 0. The molecule has 0 atom stereocenters. The Bertz CT molecular complexity index is 448. The SMILES string of the molecule is CCCOc1ccc(C(=O)NCCCCCC(=O)[O-])cc1.[Na+]. The first-order valence-corrected chi connectivity index (χ1v) is 7.34. The van der Waals surface area contributed by atoms with E-state index >= 15 is 0 Å². The molecule has 0 spiro atoms. The average molecular weight is 315 g/mol. The quantitative estimate of drug-likeness (QED) is 0.422. The molecule has 22 heavy (non-hydrogen) atoms. The van der Waals surface area contributed by atoms with E-state index in [1.165, 1.54) is 0 Å². The molecule has 116 valence electrons. The molecule has 5 nitrogen and oxygen atoms in total. The van der Waals surface area contributed by atoms with Crippen molar-refractivity contribution in [1.29, 1.82) is 0 Å². The van der Waals surface area contributed by atoms with Crippen LogP contribution in [0.4, 0.5) is 0 Å². The number of ether oxygens (including phenoxy) is 1. The maximum Gasteiger partial charge on any atom is 1.00 e. The summed E-state index contributed by atoms with van der Waals surface area (Å²) < 4.78 is 5.45. The molecule has 0 saturated carbocycles. The maximum absolute atomic E-state index is 11.9. The first-order chi connectivity index (χ1) is 10.1. The summed E-state index contributed by atoms with van der Waals surface area (Å²) in [6.07, 6.45) is 3.13. The monoisotopic (exact) mass is 315 g/mol. The number of nitrogens with one attached hydrogen (secondary N) is 1. The summed E-state index contributed by atoms with van der Waals surface area (Å²) in [4.78, 5) is 22.1. The number of carboxylic acids is 1. The number of carboxylic acid groups (broad SMARTS) is 1. The third-order valence-electron chi connectivity index (χ3n) is 2.93. The van der Waals surface area contributed by atoms with E-state index < -0.39 is 5.97 Å². The van der Waals surface area contributed by atoms with Gasteiger partial charge in [0.1, 0.15) is 5.75 Å². The number of benzene rings is 1. The van der Waals surface area contributed by atoms with Crippen LogP contribution in [0.1, 0.15) is 49.4 Å². The van der Waals surface area contributed by atoms with Crippen molar-refractivity contribution in [3.8, 4) is 5.75 Å². The third-order valence-corrected chi connectivity index (χ3v) is 2.93. The molecule has 0 fully saturated rings. The van der Waals surface area contributed by atoms with Crippen LogP contribution in [0.3, 0.4) is 0 Å². The molecule has 0 heterocycles. The summed E-state index contributed by atoms with van der Waals surface area (Å²) in [5, 5.41) is 13.0. The van der Waals surface area contributed by atoms with E-state index in [-0.39, 0.29) is 41.9 Å². The Labute approximate surface area is 153 Å². The Kier molecular flexibility index (Phi) is 11.9. The molecule has 1 N–H and O–H groups in total. The molecule has 1 aromatic carbocycles. The van der Waals surface area contributed by atoms with Gasteiger partial charge in [-0.15, -0.1) is 0 Å². The van der Waals surface area contributed by atoms with Crippen molar-refractivity contribution in [2.24, 2.45) is 0 Å². The molecule has 0 aliphatic carbocycles. The first-order valence-electron chi connectivity index (χ1n) is 7.34. The number of carbonyl (C=O) groups is 2. The van der Waals surface area contributed by atoms with E-state index in [1.807, 2.05) is 6.92 Å². The minimum Gasteiger partial charge on any atom is -0.550 e. The van der Waals surface area contributed by atoms with E-state index in [4.69, 9.17) is 4.74 Å². The second-order valence-corrected chi connectivity index (χ2v) is 4.81. The van der Waals surface area contributed by atoms with E-state index in [2.05, 4.69) is 5.32 Å². The number of aliphatic carboxylic acids is 1. The first kappa shape index (κ1) is 21.0. The largest absolute Gasteiger partial charge is 1.00 e. The molecule has 1 amide bonds. The van der Waals surface area contributed by atoms with Crippen molar-refractivity contribution >= 4 is 11.9 Å². The van der Waals surface area contributed by atoms with Crippen molar-refractivity contribution < 1.29 is 49.0 Å². The second-order valence-electron chi connectivity index (χ2n) is 4.81. The Hall–Kier alpha value is -1.04. The fourth-order valence-corrected chi connectivity index (χ4v) is 1.80. The zero-order valence-corrected chi connectivity index (χ0v) is 15.4. The van der Waals surface area contributed by atoms with E-state index in [9.17, 15) is 14.7 Å². The molecule has 0 saturated heterocycles. The van der Waals surface area contributed by atoms with Gasteiger partial charge in [0.2, 0.25) is 0 Å². The van der Waals surface area contributed by atoms with Gasteiger partial charge in [-0.1, -0.05) is 13.3 Å². The van der Waals surface area contributed by atoms with Gasteiger partial charge in [-0.05, 0) is 49.9 Å². The van der Waals surface area contributed by atoms with Crippen molar-refractivity contribution in [1.82, 2.24) is 5.32 Å². The predicted molar refractivity (Wildman–Crippen MR) is 78.0 cm³/mol. The Morgan fingerprint density at radius 1 is 1.14 bits per heavy atom. The standard InChI is InChI=1S/C16H23NO4.Na/c1-2-12-21-14-9-7-13(8-10-14)16(20)17-11-5-3-4-6-15(18)19;/h7-10H,2-6,11-12H2,1H3,(H,17,20)(H,18,19);/q;+1/p-1. The van der Waals surface area contributed by atoms with Crippen LogP contribution >= 0.6 is 0 Å². The Morgan fingerprint density at radius 3 is 2.41 bits per heavy atom. The molecule has 1 rings (SSSR count). The van der Waals surface area contributed by atoms with Crippen LogP contribution in [0.5, 0.6) is 5.75 Å². The van der Waals surface area contributed by atoms with Crippen molar-refractivity contribution in [3.05, 3.63) is 29.8 Å². The fourth-order valence-electron chi connectivity index (χ4n) is 1.80. The predicted octanol–water partition coefficient (Wildman–Crippen LogP) is -1.48. The maximum atomic E-state index is 11.9. The minimum atomic E-state index is -1.02. The summed E-state index contributed by atoms with van der Waals surface area (Å²) in [7, 11) is 0. The zero-order chi connectivity index (χ0) is 15.5. The third kappa shape index (κ3) is 9.07. The van der Waals surface area contributed by atoms with E-state index in [1.54, 1.807) is 24.3 Å². The summed E-state index contributed by atoms with van der Waals surface area (Å²) in [6, 6.07) is 7.03. The number of rotatable bonds is 10. The van der Waals surface area contributed by atoms with Gasteiger partial charge in [-0.3, -0.25) is 4.79 Å². The van der Waals surface area contributed by atoms with Crippen LogP contribution in [0.2, 0.25) is 0 Å².